The molecule has 30 heavy (non-hydrogen) atoms. The van der Waals surface area contributed by atoms with Crippen molar-refractivity contribution in [1.29, 1.82) is 0 Å². The van der Waals surface area contributed by atoms with E-state index in [1.54, 1.807) is 18.1 Å². The quantitative estimate of drug-likeness (QED) is 0.689. The first kappa shape index (κ1) is 19.8. The Labute approximate surface area is 176 Å². The van der Waals surface area contributed by atoms with Crippen LogP contribution in [0.25, 0.3) is 0 Å². The van der Waals surface area contributed by atoms with E-state index in [1.807, 2.05) is 73.7 Å². The molecular formula is C25H25N3O2. The number of para-hydroxylation sites is 1. The van der Waals surface area contributed by atoms with Gasteiger partial charge in [-0.05, 0) is 48.2 Å². The first-order chi connectivity index (χ1) is 14.5. The van der Waals surface area contributed by atoms with Crippen LogP contribution in [-0.2, 0) is 28.0 Å². The van der Waals surface area contributed by atoms with Gasteiger partial charge in [0.25, 0.3) is 0 Å². The molecule has 0 spiro atoms. The van der Waals surface area contributed by atoms with E-state index in [-0.39, 0.29) is 18.2 Å². The van der Waals surface area contributed by atoms with Gasteiger partial charge in [0.05, 0.1) is 17.7 Å². The van der Waals surface area contributed by atoms with E-state index in [0.717, 1.165) is 28.1 Å². The fourth-order valence-corrected chi connectivity index (χ4v) is 4.29. The minimum Gasteiger partial charge on any atom is -0.350 e. The minimum atomic E-state index is -0.920. The Morgan fingerprint density at radius 2 is 1.80 bits per heavy atom. The van der Waals surface area contributed by atoms with Crippen molar-refractivity contribution in [3.63, 3.8) is 0 Å². The Balaban J connectivity index is 1.63. The monoisotopic (exact) mass is 399 g/mol. The Bertz CT molecular complexity index is 1080. The second-order valence-corrected chi connectivity index (χ2v) is 7.90. The molecule has 0 fully saturated rings. The van der Waals surface area contributed by atoms with Crippen molar-refractivity contribution in [1.82, 2.24) is 10.3 Å². The van der Waals surface area contributed by atoms with Gasteiger partial charge in [0.1, 0.15) is 0 Å². The smallest absolute Gasteiger partial charge is 0.238 e. The van der Waals surface area contributed by atoms with Gasteiger partial charge in [-0.15, -0.1) is 0 Å². The van der Waals surface area contributed by atoms with Gasteiger partial charge in [-0.1, -0.05) is 48.5 Å². The molecule has 152 valence electrons. The summed E-state index contributed by atoms with van der Waals surface area (Å²) in [6, 6.07) is 21.5. The van der Waals surface area contributed by atoms with Crippen molar-refractivity contribution in [2.75, 3.05) is 11.9 Å². The van der Waals surface area contributed by atoms with Crippen LogP contribution in [0.3, 0.4) is 0 Å². The van der Waals surface area contributed by atoms with Crippen molar-refractivity contribution in [2.45, 2.75) is 31.7 Å². The molecule has 1 aliphatic heterocycles. The van der Waals surface area contributed by atoms with E-state index in [0.29, 0.717) is 13.0 Å². The summed E-state index contributed by atoms with van der Waals surface area (Å²) in [5, 5.41) is 2.96. The molecule has 5 nitrogen and oxygen atoms in total. The van der Waals surface area contributed by atoms with E-state index in [9.17, 15) is 9.59 Å². The molecule has 0 bridgehead atoms. The highest BCUT2D eigenvalue weighted by molar-refractivity contribution is 6.09. The molecular weight excluding hydrogens is 374 g/mol. The molecule has 2 heterocycles. The lowest BCUT2D eigenvalue weighted by Crippen LogP contribution is -2.44. The molecule has 1 aliphatic rings. The van der Waals surface area contributed by atoms with Gasteiger partial charge in [-0.25, -0.2) is 0 Å². The highest BCUT2D eigenvalue weighted by atomic mass is 16.2. The molecule has 1 aromatic heterocycles. The van der Waals surface area contributed by atoms with E-state index in [2.05, 4.69) is 10.3 Å². The third-order valence-corrected chi connectivity index (χ3v) is 5.74. The number of amides is 2. The lowest BCUT2D eigenvalue weighted by molar-refractivity contribution is -0.129. The molecule has 1 atom stereocenters. The first-order valence-corrected chi connectivity index (χ1v) is 10.1. The lowest BCUT2D eigenvalue weighted by Gasteiger charge is -2.28. The van der Waals surface area contributed by atoms with Crippen molar-refractivity contribution in [2.24, 2.45) is 0 Å². The Kier molecular flexibility index (Phi) is 5.36. The van der Waals surface area contributed by atoms with Crippen LogP contribution in [-0.4, -0.2) is 23.8 Å². The Morgan fingerprint density at radius 1 is 1.07 bits per heavy atom. The van der Waals surface area contributed by atoms with Crippen LogP contribution >= 0.6 is 0 Å². The fraction of sp³-hybridized carbons (Fsp3) is 0.240. The van der Waals surface area contributed by atoms with Crippen molar-refractivity contribution in [3.05, 3.63) is 95.3 Å². The van der Waals surface area contributed by atoms with E-state index < -0.39 is 5.41 Å². The van der Waals surface area contributed by atoms with Crippen LogP contribution in [0, 0.1) is 6.92 Å². The lowest BCUT2D eigenvalue weighted by atomic mass is 9.73. The number of fused-ring (bicyclic) bond motifs is 1. The Morgan fingerprint density at radius 3 is 2.57 bits per heavy atom. The van der Waals surface area contributed by atoms with Gasteiger partial charge in [0, 0.05) is 25.4 Å². The predicted molar refractivity (Wildman–Crippen MR) is 117 cm³/mol. The zero-order valence-electron chi connectivity index (χ0n) is 17.3. The van der Waals surface area contributed by atoms with E-state index in [1.165, 1.54) is 0 Å². The third kappa shape index (κ3) is 3.71. The van der Waals surface area contributed by atoms with E-state index >= 15 is 0 Å². The van der Waals surface area contributed by atoms with Crippen molar-refractivity contribution >= 4 is 17.5 Å². The molecule has 0 unspecified atom stereocenters. The molecule has 0 radical (unpaired) electrons. The van der Waals surface area contributed by atoms with Gasteiger partial charge in [0.2, 0.25) is 11.8 Å². The van der Waals surface area contributed by atoms with Crippen molar-refractivity contribution < 1.29 is 9.59 Å². The molecule has 0 saturated heterocycles. The number of carbonyl (C=O) groups excluding carboxylic acids is 2. The zero-order valence-corrected chi connectivity index (χ0v) is 17.3. The molecule has 3 aromatic rings. The summed E-state index contributed by atoms with van der Waals surface area (Å²) in [4.78, 5) is 32.5. The normalized spacial score (nSPS) is 17.7. The maximum Gasteiger partial charge on any atom is 0.238 e. The number of benzene rings is 2. The van der Waals surface area contributed by atoms with Crippen LogP contribution in [0.1, 0.15) is 28.8 Å². The number of pyridine rings is 1. The van der Waals surface area contributed by atoms with Crippen LogP contribution < -0.4 is 10.2 Å². The SMILES string of the molecule is Cc1ccnc(CNC(=O)C[C@]2(Cc3ccccc3)C(=O)N(C)c3ccccc32)c1. The molecule has 5 heteroatoms. The third-order valence-electron chi connectivity index (χ3n) is 5.74. The van der Waals surface area contributed by atoms with Crippen molar-refractivity contribution in [3.8, 4) is 0 Å². The Hall–Kier alpha value is -3.47. The molecule has 4 rings (SSSR count). The van der Waals surface area contributed by atoms with Gasteiger partial charge in [-0.2, -0.15) is 0 Å². The summed E-state index contributed by atoms with van der Waals surface area (Å²) in [5.74, 6) is -0.205. The molecule has 1 N–H and O–H groups in total. The average molecular weight is 399 g/mol. The number of anilines is 1. The number of hydrogen-bond donors (Lipinski definition) is 1. The number of likely N-dealkylation sites (N-methyl/N-ethyl adjacent to an activating group) is 1. The van der Waals surface area contributed by atoms with Gasteiger partial charge < -0.3 is 10.2 Å². The summed E-state index contributed by atoms with van der Waals surface area (Å²) >= 11 is 0. The van der Waals surface area contributed by atoms with Gasteiger partial charge in [0.15, 0.2) is 0 Å². The second kappa shape index (κ2) is 8.11. The maximum absolute atomic E-state index is 13.5. The summed E-state index contributed by atoms with van der Waals surface area (Å²) in [7, 11) is 1.78. The van der Waals surface area contributed by atoms with Gasteiger partial charge >= 0.3 is 0 Å². The maximum atomic E-state index is 13.5. The summed E-state index contributed by atoms with van der Waals surface area (Å²) < 4.78 is 0. The van der Waals surface area contributed by atoms with Crippen LogP contribution in [0.15, 0.2) is 72.9 Å². The molecule has 0 saturated carbocycles. The summed E-state index contributed by atoms with van der Waals surface area (Å²) in [6.45, 7) is 2.33. The van der Waals surface area contributed by atoms with E-state index in [4.69, 9.17) is 0 Å². The summed E-state index contributed by atoms with van der Waals surface area (Å²) in [6.07, 6.45) is 2.30. The number of hydrogen-bond acceptors (Lipinski definition) is 3. The number of nitrogens with zero attached hydrogens (tertiary/aromatic N) is 2. The molecule has 0 aliphatic carbocycles. The second-order valence-electron chi connectivity index (χ2n) is 7.90. The molecule has 2 amide bonds. The largest absolute Gasteiger partial charge is 0.350 e. The number of aryl methyl sites for hydroxylation is 1. The molecule has 2 aromatic carbocycles. The predicted octanol–water partition coefficient (Wildman–Crippen LogP) is 3.55. The van der Waals surface area contributed by atoms with Crippen LogP contribution in [0.4, 0.5) is 5.69 Å². The zero-order chi connectivity index (χ0) is 21.1. The fourth-order valence-electron chi connectivity index (χ4n) is 4.29. The minimum absolute atomic E-state index is 0.0450. The number of aromatic nitrogens is 1. The van der Waals surface area contributed by atoms with Crippen LogP contribution in [0.5, 0.6) is 0 Å². The number of carbonyl (C=O) groups is 2. The number of rotatable bonds is 6. The first-order valence-electron chi connectivity index (χ1n) is 10.1. The topological polar surface area (TPSA) is 62.3 Å². The van der Waals surface area contributed by atoms with Gasteiger partial charge in [-0.3, -0.25) is 14.6 Å². The van der Waals surface area contributed by atoms with Crippen LogP contribution in [0.2, 0.25) is 0 Å². The summed E-state index contributed by atoms with van der Waals surface area (Å²) in [5.41, 5.74) is 3.78. The highest BCUT2D eigenvalue weighted by Gasteiger charge is 2.50. The highest BCUT2D eigenvalue weighted by Crippen LogP contribution is 2.45. The standard InChI is InChI=1S/C25H25N3O2/c1-18-12-13-26-20(14-18)17-27-23(29)16-25(15-19-8-4-3-5-9-19)21-10-6-7-11-22(21)28(2)24(25)30/h3-14H,15-17H2,1-2H3,(H,27,29)/t25-/m0/s1. The average Bonchev–Trinajstić information content (AvgIpc) is 2.95. The number of nitrogens with one attached hydrogen (secondary N) is 1.